The number of nitrogens with zero attached hydrogens (tertiary/aromatic N) is 3. The van der Waals surface area contributed by atoms with Gasteiger partial charge in [0.2, 0.25) is 10.0 Å². The summed E-state index contributed by atoms with van der Waals surface area (Å²) in [5, 5.41) is 22.5. The maximum absolute atomic E-state index is 13.9. The number of rotatable bonds is 9. The van der Waals surface area contributed by atoms with E-state index in [1.54, 1.807) is 0 Å². The Morgan fingerprint density at radius 3 is 2.15 bits per heavy atom. The summed E-state index contributed by atoms with van der Waals surface area (Å²) in [6, 6.07) is 6.85. The van der Waals surface area contributed by atoms with Crippen LogP contribution >= 0.6 is 0 Å². The molecule has 0 aliphatic rings. The number of ether oxygens (including phenoxy) is 1. The number of carbonyl (C=O) groups is 1. The number of fused-ring (bicyclic) bond motifs is 1. The van der Waals surface area contributed by atoms with Gasteiger partial charge in [0, 0.05) is 11.1 Å². The molecule has 2 aromatic carbocycles. The van der Waals surface area contributed by atoms with E-state index in [0.717, 1.165) is 30.3 Å². The van der Waals surface area contributed by atoms with E-state index in [0.29, 0.717) is 16.6 Å². The van der Waals surface area contributed by atoms with Gasteiger partial charge in [-0.1, -0.05) is 18.2 Å². The lowest BCUT2D eigenvalue weighted by Crippen LogP contribution is -2.46. The standard InChI is InChI=1S/C27H21F9N4O6S/c1-24(2,11-41)39-47(44,45)15-5-3-4-14(8-15)18-10-17(37-22-20(23(42)43)21(27(34,35)36)38-40(18)22)13-6-7-16(26(31,32)33)19(9-13)46-12-25(28,29)30/h3-10,39,41H,11-12H2,1-2H3,(H,42,43). The van der Waals surface area contributed by atoms with Crippen molar-refractivity contribution in [3.63, 3.8) is 0 Å². The zero-order valence-electron chi connectivity index (χ0n) is 23.7. The van der Waals surface area contributed by atoms with Gasteiger partial charge in [-0.15, -0.1) is 0 Å². The van der Waals surface area contributed by atoms with E-state index in [1.807, 2.05) is 0 Å². The van der Waals surface area contributed by atoms with Crippen LogP contribution in [0.25, 0.3) is 28.2 Å². The van der Waals surface area contributed by atoms with Crippen LogP contribution in [0.2, 0.25) is 0 Å². The summed E-state index contributed by atoms with van der Waals surface area (Å²) in [6.07, 6.45) is -15.6. The number of halogens is 9. The van der Waals surface area contributed by atoms with E-state index in [1.165, 1.54) is 19.9 Å². The van der Waals surface area contributed by atoms with Gasteiger partial charge in [0.1, 0.15) is 11.3 Å². The molecule has 2 heterocycles. The highest BCUT2D eigenvalue weighted by Crippen LogP contribution is 2.40. The first-order valence-corrected chi connectivity index (χ1v) is 14.3. The molecule has 0 unspecified atom stereocenters. The number of carboxylic acid groups (broad SMARTS) is 1. The first kappa shape index (κ1) is 35.4. The van der Waals surface area contributed by atoms with Crippen LogP contribution in [0.4, 0.5) is 39.5 Å². The van der Waals surface area contributed by atoms with E-state index < -0.39 is 103 Å². The first-order chi connectivity index (χ1) is 21.4. The Morgan fingerprint density at radius 2 is 1.60 bits per heavy atom. The fraction of sp³-hybridized carbons (Fsp3) is 0.296. The molecule has 10 nitrogen and oxygen atoms in total. The van der Waals surface area contributed by atoms with Gasteiger partial charge in [0.15, 0.2) is 17.9 Å². The smallest absolute Gasteiger partial charge is 0.436 e. The molecule has 0 aliphatic heterocycles. The van der Waals surface area contributed by atoms with Gasteiger partial charge in [-0.05, 0) is 44.2 Å². The van der Waals surface area contributed by atoms with Crippen molar-refractivity contribution in [1.82, 2.24) is 19.3 Å². The third-order valence-electron chi connectivity index (χ3n) is 6.29. The van der Waals surface area contributed by atoms with Crippen molar-refractivity contribution in [1.29, 1.82) is 0 Å². The van der Waals surface area contributed by atoms with Gasteiger partial charge in [-0.2, -0.15) is 44.6 Å². The highest BCUT2D eigenvalue weighted by Gasteiger charge is 2.42. The number of nitrogens with one attached hydrogen (secondary N) is 1. The molecular weight excluding hydrogens is 679 g/mol. The summed E-state index contributed by atoms with van der Waals surface area (Å²) < 4.78 is 154. The molecule has 0 radical (unpaired) electrons. The molecule has 0 atom stereocenters. The second-order valence-corrected chi connectivity index (χ2v) is 12.3. The zero-order valence-corrected chi connectivity index (χ0v) is 24.5. The molecule has 0 saturated carbocycles. The molecule has 0 amide bonds. The number of alkyl halides is 9. The van der Waals surface area contributed by atoms with Crippen LogP contribution in [-0.4, -0.2) is 64.1 Å². The number of hydrogen-bond acceptors (Lipinski definition) is 7. The van der Waals surface area contributed by atoms with Crippen LogP contribution < -0.4 is 9.46 Å². The van der Waals surface area contributed by atoms with E-state index in [-0.39, 0.29) is 5.56 Å². The largest absolute Gasteiger partial charge is 0.483 e. The lowest BCUT2D eigenvalue weighted by atomic mass is 10.0. The fourth-order valence-electron chi connectivity index (χ4n) is 4.24. The van der Waals surface area contributed by atoms with Gasteiger partial charge >= 0.3 is 24.5 Å². The highest BCUT2D eigenvalue weighted by molar-refractivity contribution is 7.89. The van der Waals surface area contributed by atoms with E-state index in [4.69, 9.17) is 0 Å². The van der Waals surface area contributed by atoms with Crippen molar-refractivity contribution in [2.75, 3.05) is 13.2 Å². The van der Waals surface area contributed by atoms with Gasteiger partial charge in [0.05, 0.1) is 34.0 Å². The van der Waals surface area contributed by atoms with Crippen molar-refractivity contribution < 1.29 is 67.7 Å². The first-order valence-electron chi connectivity index (χ1n) is 12.8. The predicted octanol–water partition coefficient (Wildman–Crippen LogP) is 5.79. The Bertz CT molecular complexity index is 1950. The number of aromatic carboxylic acids is 1. The SMILES string of the molecule is CC(C)(CO)NS(=O)(=O)c1cccc(-c2cc(-c3ccc(C(F)(F)F)c(OCC(F)(F)F)c3)nc3c(C(=O)O)c(C(F)(F)F)nn23)c1. The molecule has 20 heteroatoms. The average Bonchev–Trinajstić information content (AvgIpc) is 3.35. The number of aliphatic hydroxyl groups excluding tert-OH is 1. The third-order valence-corrected chi connectivity index (χ3v) is 7.99. The predicted molar refractivity (Wildman–Crippen MR) is 144 cm³/mol. The number of benzene rings is 2. The molecule has 0 saturated heterocycles. The number of aromatic nitrogens is 3. The van der Waals surface area contributed by atoms with Crippen LogP contribution in [-0.2, 0) is 22.4 Å². The monoisotopic (exact) mass is 700 g/mol. The normalized spacial score (nSPS) is 13.3. The van der Waals surface area contributed by atoms with Crippen molar-refractivity contribution in [2.24, 2.45) is 0 Å². The number of carboxylic acids is 1. The van der Waals surface area contributed by atoms with Crippen molar-refractivity contribution >= 4 is 21.6 Å². The molecule has 0 bridgehead atoms. The average molecular weight is 701 g/mol. The topological polar surface area (TPSA) is 143 Å². The maximum atomic E-state index is 13.9. The maximum Gasteiger partial charge on any atom is 0.436 e. The number of hydrogen-bond donors (Lipinski definition) is 3. The Kier molecular flexibility index (Phi) is 9.03. The van der Waals surface area contributed by atoms with E-state index in [9.17, 15) is 62.9 Å². The molecule has 0 fully saturated rings. The minimum atomic E-state index is -5.36. The Labute approximate surface area is 258 Å². The van der Waals surface area contributed by atoms with Crippen LogP contribution in [0.15, 0.2) is 53.4 Å². The van der Waals surface area contributed by atoms with Crippen molar-refractivity contribution in [3.05, 3.63) is 65.4 Å². The quantitative estimate of drug-likeness (QED) is 0.186. The van der Waals surface area contributed by atoms with E-state index in [2.05, 4.69) is 19.5 Å². The molecule has 4 rings (SSSR count). The second-order valence-electron chi connectivity index (χ2n) is 10.6. The molecule has 4 aromatic rings. The molecule has 47 heavy (non-hydrogen) atoms. The third kappa shape index (κ3) is 7.76. The summed E-state index contributed by atoms with van der Waals surface area (Å²) in [5.74, 6) is -3.47. The minimum absolute atomic E-state index is 0.211. The van der Waals surface area contributed by atoms with Crippen LogP contribution in [0.5, 0.6) is 5.75 Å². The van der Waals surface area contributed by atoms with Gasteiger partial charge in [-0.25, -0.2) is 27.4 Å². The van der Waals surface area contributed by atoms with Gasteiger partial charge < -0.3 is 14.9 Å². The molecule has 2 aromatic heterocycles. The molecule has 0 aliphatic carbocycles. The Morgan fingerprint density at radius 1 is 0.936 bits per heavy atom. The van der Waals surface area contributed by atoms with Crippen LogP contribution in [0, 0.1) is 0 Å². The number of aliphatic hydroxyl groups is 1. The highest BCUT2D eigenvalue weighted by atomic mass is 32.2. The summed E-state index contributed by atoms with van der Waals surface area (Å²) in [6.45, 7) is -0.0762. The van der Waals surface area contributed by atoms with Crippen molar-refractivity contribution in [3.8, 4) is 28.3 Å². The van der Waals surface area contributed by atoms with Crippen molar-refractivity contribution in [2.45, 2.75) is 42.8 Å². The Hall–Kier alpha value is -4.43. The van der Waals surface area contributed by atoms with Crippen LogP contribution in [0.1, 0.15) is 35.5 Å². The summed E-state index contributed by atoms with van der Waals surface area (Å²) >= 11 is 0. The molecule has 0 spiro atoms. The summed E-state index contributed by atoms with van der Waals surface area (Å²) in [7, 11) is -4.40. The molecule has 3 N–H and O–H groups in total. The van der Waals surface area contributed by atoms with E-state index >= 15 is 0 Å². The lowest BCUT2D eigenvalue weighted by molar-refractivity contribution is -0.158. The van der Waals surface area contributed by atoms with Crippen LogP contribution in [0.3, 0.4) is 0 Å². The molecule has 254 valence electrons. The fourth-order valence-corrected chi connectivity index (χ4v) is 5.69. The Balaban J connectivity index is 2.04. The number of sulfonamides is 1. The summed E-state index contributed by atoms with van der Waals surface area (Å²) in [5.41, 5.74) is -9.01. The molecular formula is C27H21F9N4O6S. The summed E-state index contributed by atoms with van der Waals surface area (Å²) in [4.78, 5) is 15.4. The van der Waals surface area contributed by atoms with Gasteiger partial charge in [-0.3, -0.25) is 0 Å². The minimum Gasteiger partial charge on any atom is -0.483 e. The van der Waals surface area contributed by atoms with Gasteiger partial charge in [0.25, 0.3) is 0 Å². The lowest BCUT2D eigenvalue weighted by Gasteiger charge is -2.23. The zero-order chi connectivity index (χ0) is 35.3. The second kappa shape index (κ2) is 12.0.